The second-order valence-electron chi connectivity index (χ2n) is 7.83. The zero-order chi connectivity index (χ0) is 25.2. The van der Waals surface area contributed by atoms with Crippen LogP contribution in [0.2, 0.25) is 5.02 Å². The average molecular weight is 504 g/mol. The Morgan fingerprint density at radius 3 is 2.60 bits per heavy atom. The van der Waals surface area contributed by atoms with E-state index >= 15 is 0 Å². The van der Waals surface area contributed by atoms with E-state index in [2.05, 4.69) is 15.3 Å². The number of unbranched alkanes of at least 4 members (excludes halogenated alkanes) is 3. The number of esters is 1. The maximum absolute atomic E-state index is 13.5. The van der Waals surface area contributed by atoms with Gasteiger partial charge in [0.1, 0.15) is 24.6 Å². The van der Waals surface area contributed by atoms with Gasteiger partial charge in [-0.05, 0) is 37.1 Å². The Morgan fingerprint density at radius 1 is 1.06 bits per heavy atom. The van der Waals surface area contributed by atoms with Crippen molar-refractivity contribution in [1.29, 1.82) is 0 Å². The number of anilines is 2. The van der Waals surface area contributed by atoms with Crippen LogP contribution in [0.4, 0.5) is 15.9 Å². The van der Waals surface area contributed by atoms with Crippen LogP contribution < -0.4 is 14.8 Å². The van der Waals surface area contributed by atoms with E-state index in [9.17, 15) is 14.0 Å². The van der Waals surface area contributed by atoms with E-state index in [0.717, 1.165) is 25.7 Å². The topological polar surface area (TPSA) is 99.6 Å². The molecule has 0 aliphatic carbocycles. The molecule has 2 aromatic carbocycles. The van der Waals surface area contributed by atoms with Gasteiger partial charge in [0.15, 0.2) is 17.3 Å². The summed E-state index contributed by atoms with van der Waals surface area (Å²) >= 11 is 5.89. The van der Waals surface area contributed by atoms with Crippen LogP contribution in [-0.4, -0.2) is 42.0 Å². The molecule has 35 heavy (non-hydrogen) atoms. The molecule has 0 fully saturated rings. The van der Waals surface area contributed by atoms with Crippen LogP contribution in [0.3, 0.4) is 0 Å². The zero-order valence-corrected chi connectivity index (χ0v) is 20.4. The number of fused-ring (bicyclic) bond motifs is 1. The van der Waals surface area contributed by atoms with Crippen LogP contribution in [0.25, 0.3) is 10.9 Å². The van der Waals surface area contributed by atoms with Crippen molar-refractivity contribution in [1.82, 2.24) is 9.97 Å². The molecule has 8 nitrogen and oxygen atoms in total. The van der Waals surface area contributed by atoms with Gasteiger partial charge in [-0.1, -0.05) is 24.4 Å². The molecular formula is C25H27ClFN3O5. The fourth-order valence-corrected chi connectivity index (χ4v) is 3.54. The molecule has 0 spiro atoms. The number of carbonyl (C=O) groups is 2. The van der Waals surface area contributed by atoms with Crippen molar-refractivity contribution in [2.75, 3.05) is 25.6 Å². The molecule has 0 saturated carbocycles. The second kappa shape index (κ2) is 12.9. The number of halogens is 2. The normalized spacial score (nSPS) is 10.7. The molecule has 0 amide bonds. The smallest absolute Gasteiger partial charge is 0.303 e. The zero-order valence-electron chi connectivity index (χ0n) is 19.6. The minimum absolute atomic E-state index is 0.00723. The van der Waals surface area contributed by atoms with Gasteiger partial charge in [-0.15, -0.1) is 0 Å². The Labute approximate surface area is 207 Å². The van der Waals surface area contributed by atoms with Crippen molar-refractivity contribution in [3.05, 3.63) is 47.5 Å². The fraction of sp³-hybridized carbons (Fsp3) is 0.360. The molecule has 0 bridgehead atoms. The van der Waals surface area contributed by atoms with Gasteiger partial charge in [-0.25, -0.2) is 14.4 Å². The summed E-state index contributed by atoms with van der Waals surface area (Å²) in [7, 11) is 1.56. The quantitative estimate of drug-likeness (QED) is 0.236. The Hall–Kier alpha value is -3.46. The number of nitrogens with one attached hydrogen (secondary N) is 1. The maximum atomic E-state index is 13.5. The number of benzene rings is 2. The highest BCUT2D eigenvalue weighted by molar-refractivity contribution is 6.31. The molecule has 3 rings (SSSR count). The number of hydrogen-bond donors (Lipinski definition) is 1. The predicted molar refractivity (Wildman–Crippen MR) is 131 cm³/mol. The lowest BCUT2D eigenvalue weighted by Gasteiger charge is -2.14. The van der Waals surface area contributed by atoms with Crippen molar-refractivity contribution in [3.8, 4) is 11.5 Å². The molecule has 10 heteroatoms. The molecule has 3 aromatic rings. The van der Waals surface area contributed by atoms with Crippen molar-refractivity contribution in [2.24, 2.45) is 0 Å². The van der Waals surface area contributed by atoms with E-state index in [-0.39, 0.29) is 17.4 Å². The number of hydrogen-bond acceptors (Lipinski definition) is 8. The summed E-state index contributed by atoms with van der Waals surface area (Å²) in [5, 5.41) is 3.85. The molecule has 0 saturated heterocycles. The minimum Gasteiger partial charge on any atom is -0.493 e. The third-order valence-corrected chi connectivity index (χ3v) is 5.44. The number of nitrogens with zero attached hydrogens (tertiary/aromatic N) is 2. The Balaban J connectivity index is 1.58. The molecule has 0 aliphatic rings. The van der Waals surface area contributed by atoms with Crippen LogP contribution in [0.5, 0.6) is 11.5 Å². The van der Waals surface area contributed by atoms with Gasteiger partial charge in [-0.3, -0.25) is 9.59 Å². The van der Waals surface area contributed by atoms with E-state index in [0.29, 0.717) is 46.9 Å². The van der Waals surface area contributed by atoms with E-state index in [1.165, 1.54) is 25.4 Å². The van der Waals surface area contributed by atoms with Gasteiger partial charge in [0.05, 0.1) is 24.3 Å². The number of methoxy groups -OCH3 is 1. The summed E-state index contributed by atoms with van der Waals surface area (Å²) in [4.78, 5) is 31.0. The number of carbonyl (C=O) groups excluding carboxylic acids is 2. The first kappa shape index (κ1) is 26.2. The number of aromatic nitrogens is 2. The number of Topliss-reactive ketones (excluding diaryl/α,β-unsaturated/α-hetero) is 1. The molecule has 1 aromatic heterocycles. The van der Waals surface area contributed by atoms with Crippen LogP contribution >= 0.6 is 11.6 Å². The summed E-state index contributed by atoms with van der Waals surface area (Å²) in [6, 6.07) is 7.90. The lowest BCUT2D eigenvalue weighted by Crippen LogP contribution is -2.11. The first-order valence-corrected chi connectivity index (χ1v) is 11.6. The number of ether oxygens (including phenoxy) is 3. The molecule has 186 valence electrons. The maximum Gasteiger partial charge on any atom is 0.303 e. The lowest BCUT2D eigenvalue weighted by molar-refractivity contribution is -0.145. The highest BCUT2D eigenvalue weighted by atomic mass is 35.5. The van der Waals surface area contributed by atoms with E-state index in [4.69, 9.17) is 25.8 Å². The van der Waals surface area contributed by atoms with E-state index < -0.39 is 11.8 Å². The highest BCUT2D eigenvalue weighted by Crippen LogP contribution is 2.35. The lowest BCUT2D eigenvalue weighted by atomic mass is 10.1. The summed E-state index contributed by atoms with van der Waals surface area (Å²) in [5.41, 5.74) is 1.24. The molecule has 1 heterocycles. The highest BCUT2D eigenvalue weighted by Gasteiger charge is 2.13. The van der Waals surface area contributed by atoms with Crippen LogP contribution in [-0.2, 0) is 14.3 Å². The minimum atomic E-state index is -0.501. The Kier molecular flexibility index (Phi) is 9.60. The van der Waals surface area contributed by atoms with Crippen molar-refractivity contribution in [3.63, 3.8) is 0 Å². The van der Waals surface area contributed by atoms with Crippen molar-refractivity contribution >= 4 is 45.8 Å². The molecule has 0 atom stereocenters. The first-order chi connectivity index (χ1) is 16.9. The number of ketones is 1. The summed E-state index contributed by atoms with van der Waals surface area (Å²) in [5.74, 6) is 0.581. The molecule has 1 N–H and O–H groups in total. The fourth-order valence-electron chi connectivity index (χ4n) is 3.36. The van der Waals surface area contributed by atoms with Crippen molar-refractivity contribution < 1.29 is 28.2 Å². The Morgan fingerprint density at radius 2 is 1.86 bits per heavy atom. The summed E-state index contributed by atoms with van der Waals surface area (Å²) in [6.07, 6.45) is 5.10. The third kappa shape index (κ3) is 7.78. The summed E-state index contributed by atoms with van der Waals surface area (Å²) in [6.45, 7) is 1.59. The molecule has 0 radical (unpaired) electrons. The van der Waals surface area contributed by atoms with Gasteiger partial charge in [-0.2, -0.15) is 0 Å². The van der Waals surface area contributed by atoms with Gasteiger partial charge in [0.2, 0.25) is 0 Å². The Bertz CT molecular complexity index is 1190. The van der Waals surface area contributed by atoms with Crippen LogP contribution in [0, 0.1) is 5.82 Å². The van der Waals surface area contributed by atoms with Gasteiger partial charge in [0.25, 0.3) is 0 Å². The van der Waals surface area contributed by atoms with Gasteiger partial charge < -0.3 is 19.5 Å². The molecule has 0 unspecified atom stereocenters. The standard InChI is InChI=1S/C25H27ClFN3O5/c1-16(31)35-14-18(32)7-5-3-4-6-10-34-24-12-19-22(13-23(24)33-2)28-15-29-25(19)30-17-8-9-21(27)20(26)11-17/h8-9,11-13,15H,3-7,10,14H2,1-2H3,(H,28,29,30). The molecule has 0 aliphatic heterocycles. The predicted octanol–water partition coefficient (Wildman–Crippen LogP) is 5.64. The third-order valence-electron chi connectivity index (χ3n) is 5.15. The molecular weight excluding hydrogens is 477 g/mol. The van der Waals surface area contributed by atoms with Gasteiger partial charge >= 0.3 is 5.97 Å². The van der Waals surface area contributed by atoms with Crippen LogP contribution in [0.15, 0.2) is 36.7 Å². The SMILES string of the molecule is COc1cc2ncnc(Nc3ccc(F)c(Cl)c3)c2cc1OCCCCCCC(=O)COC(C)=O. The monoisotopic (exact) mass is 503 g/mol. The second-order valence-corrected chi connectivity index (χ2v) is 8.24. The first-order valence-electron chi connectivity index (χ1n) is 11.2. The summed E-state index contributed by atoms with van der Waals surface area (Å²) < 4.78 is 29.6. The van der Waals surface area contributed by atoms with Crippen molar-refractivity contribution in [2.45, 2.75) is 39.0 Å². The largest absolute Gasteiger partial charge is 0.493 e. The van der Waals surface area contributed by atoms with Gasteiger partial charge in [0, 0.05) is 30.5 Å². The average Bonchev–Trinajstić information content (AvgIpc) is 2.84. The van der Waals surface area contributed by atoms with Crippen LogP contribution in [0.1, 0.15) is 39.0 Å². The van der Waals surface area contributed by atoms with E-state index in [1.807, 2.05) is 0 Å². The van der Waals surface area contributed by atoms with E-state index in [1.54, 1.807) is 25.3 Å². The number of rotatable bonds is 13.